The number of ketones is 1. The van der Waals surface area contributed by atoms with Crippen LogP contribution in [-0.4, -0.2) is 22.8 Å². The lowest BCUT2D eigenvalue weighted by Gasteiger charge is -2.12. The number of halogens is 1. The molecule has 122 valence electrons. The lowest BCUT2D eigenvalue weighted by atomic mass is 10.1. The van der Waals surface area contributed by atoms with Crippen LogP contribution in [0.5, 0.6) is 0 Å². The zero-order valence-electron chi connectivity index (χ0n) is 13.1. The Kier molecular flexibility index (Phi) is 4.42. The first kappa shape index (κ1) is 15.9. The van der Waals surface area contributed by atoms with Gasteiger partial charge in [0.15, 0.2) is 6.10 Å². The third kappa shape index (κ3) is 3.35. The van der Waals surface area contributed by atoms with Gasteiger partial charge >= 0.3 is 5.97 Å². The van der Waals surface area contributed by atoms with Crippen molar-refractivity contribution in [3.63, 3.8) is 0 Å². The molecule has 0 fully saturated rings. The molecular weight excluding hydrogens is 309 g/mol. The number of nitrogens with one attached hydrogen (secondary N) is 1. The standard InChI is InChI=1S/C19H16FNO3/c1-12(19(23)13-6-8-15(20)9-7-13)24-18(22)10-14-11-21-17-5-3-2-4-16(14)17/h2-9,11-12,21H,10H2,1H3/t12-/m0/s1. The van der Waals surface area contributed by atoms with Gasteiger partial charge < -0.3 is 9.72 Å². The van der Waals surface area contributed by atoms with Gasteiger partial charge in [-0.05, 0) is 42.8 Å². The van der Waals surface area contributed by atoms with Gasteiger partial charge in [0, 0.05) is 22.7 Å². The van der Waals surface area contributed by atoms with E-state index in [1.165, 1.54) is 31.2 Å². The number of fused-ring (bicyclic) bond motifs is 1. The van der Waals surface area contributed by atoms with Crippen LogP contribution in [0, 0.1) is 5.82 Å². The quantitative estimate of drug-likeness (QED) is 0.575. The third-order valence-corrected chi connectivity index (χ3v) is 3.82. The van der Waals surface area contributed by atoms with Gasteiger partial charge in [-0.15, -0.1) is 0 Å². The summed E-state index contributed by atoms with van der Waals surface area (Å²) in [4.78, 5) is 27.4. The molecule has 0 aliphatic heterocycles. The molecule has 0 spiro atoms. The van der Waals surface area contributed by atoms with Crippen molar-refractivity contribution >= 4 is 22.7 Å². The molecule has 0 saturated carbocycles. The molecule has 0 radical (unpaired) electrons. The number of Topliss-reactive ketones (excluding diaryl/α,β-unsaturated/α-hetero) is 1. The number of hydrogen-bond acceptors (Lipinski definition) is 3. The maximum absolute atomic E-state index is 12.9. The number of carbonyl (C=O) groups excluding carboxylic acids is 2. The van der Waals surface area contributed by atoms with Gasteiger partial charge in [0.05, 0.1) is 6.42 Å². The summed E-state index contributed by atoms with van der Waals surface area (Å²) in [5.41, 5.74) is 2.07. The van der Waals surface area contributed by atoms with E-state index in [0.717, 1.165) is 16.5 Å². The first-order chi connectivity index (χ1) is 11.5. The molecule has 3 aromatic rings. The van der Waals surface area contributed by atoms with Gasteiger partial charge in [-0.3, -0.25) is 9.59 Å². The Bertz CT molecular complexity index is 883. The summed E-state index contributed by atoms with van der Waals surface area (Å²) in [6, 6.07) is 12.8. The summed E-state index contributed by atoms with van der Waals surface area (Å²) in [6.45, 7) is 1.51. The summed E-state index contributed by atoms with van der Waals surface area (Å²) in [6.07, 6.45) is 0.914. The Labute approximate surface area is 138 Å². The first-order valence-corrected chi connectivity index (χ1v) is 7.59. The van der Waals surface area contributed by atoms with Gasteiger partial charge in [-0.2, -0.15) is 0 Å². The average Bonchev–Trinajstić information content (AvgIpc) is 2.98. The minimum atomic E-state index is -0.923. The monoisotopic (exact) mass is 325 g/mol. The van der Waals surface area contributed by atoms with Crippen molar-refractivity contribution in [1.82, 2.24) is 4.98 Å². The molecule has 2 aromatic carbocycles. The fourth-order valence-corrected chi connectivity index (χ4v) is 2.57. The highest BCUT2D eigenvalue weighted by Gasteiger charge is 2.20. The molecule has 0 amide bonds. The van der Waals surface area contributed by atoms with Crippen LogP contribution in [0.3, 0.4) is 0 Å². The number of para-hydroxylation sites is 1. The number of aromatic nitrogens is 1. The molecule has 5 heteroatoms. The number of carbonyl (C=O) groups is 2. The molecule has 0 saturated heterocycles. The smallest absolute Gasteiger partial charge is 0.311 e. The van der Waals surface area contributed by atoms with Crippen LogP contribution in [0.1, 0.15) is 22.8 Å². The van der Waals surface area contributed by atoms with E-state index in [9.17, 15) is 14.0 Å². The Morgan fingerprint density at radius 3 is 2.58 bits per heavy atom. The van der Waals surface area contributed by atoms with Crippen molar-refractivity contribution < 1.29 is 18.7 Å². The molecule has 0 unspecified atom stereocenters. The summed E-state index contributed by atoms with van der Waals surface area (Å²) in [5.74, 6) is -1.26. The van der Waals surface area contributed by atoms with Crippen LogP contribution >= 0.6 is 0 Å². The molecule has 1 heterocycles. The van der Waals surface area contributed by atoms with E-state index in [2.05, 4.69) is 4.98 Å². The van der Waals surface area contributed by atoms with Crippen molar-refractivity contribution in [2.24, 2.45) is 0 Å². The van der Waals surface area contributed by atoms with E-state index in [1.54, 1.807) is 6.20 Å². The van der Waals surface area contributed by atoms with Gasteiger partial charge in [-0.25, -0.2) is 4.39 Å². The summed E-state index contributed by atoms with van der Waals surface area (Å²) in [5, 5.41) is 0.951. The van der Waals surface area contributed by atoms with Gasteiger partial charge in [0.25, 0.3) is 0 Å². The summed E-state index contributed by atoms with van der Waals surface area (Å²) in [7, 11) is 0. The Balaban J connectivity index is 1.66. The predicted octanol–water partition coefficient (Wildman–Crippen LogP) is 3.66. The number of rotatable bonds is 5. The van der Waals surface area contributed by atoms with E-state index in [-0.39, 0.29) is 12.2 Å². The third-order valence-electron chi connectivity index (χ3n) is 3.82. The highest BCUT2D eigenvalue weighted by Crippen LogP contribution is 2.19. The van der Waals surface area contributed by atoms with Crippen LogP contribution in [0.25, 0.3) is 10.9 Å². The fraction of sp³-hybridized carbons (Fsp3) is 0.158. The largest absolute Gasteiger partial charge is 0.454 e. The lowest BCUT2D eigenvalue weighted by molar-refractivity contribution is -0.145. The second kappa shape index (κ2) is 6.66. The van der Waals surface area contributed by atoms with Crippen LogP contribution in [0.2, 0.25) is 0 Å². The molecule has 4 nitrogen and oxygen atoms in total. The highest BCUT2D eigenvalue weighted by atomic mass is 19.1. The van der Waals surface area contributed by atoms with Gasteiger partial charge in [0.1, 0.15) is 5.82 Å². The minimum Gasteiger partial charge on any atom is -0.454 e. The molecule has 0 aliphatic carbocycles. The Morgan fingerprint density at radius 1 is 1.12 bits per heavy atom. The van der Waals surface area contributed by atoms with E-state index in [1.807, 2.05) is 24.3 Å². The molecular formula is C19H16FNO3. The molecule has 0 bridgehead atoms. The maximum atomic E-state index is 12.9. The molecule has 1 N–H and O–H groups in total. The van der Waals surface area contributed by atoms with Crippen LogP contribution in [-0.2, 0) is 16.0 Å². The van der Waals surface area contributed by atoms with Crippen LogP contribution in [0.4, 0.5) is 4.39 Å². The molecule has 24 heavy (non-hydrogen) atoms. The number of ether oxygens (including phenoxy) is 1. The molecule has 1 atom stereocenters. The fourth-order valence-electron chi connectivity index (χ4n) is 2.57. The summed E-state index contributed by atoms with van der Waals surface area (Å²) >= 11 is 0. The predicted molar refractivity (Wildman–Crippen MR) is 88.3 cm³/mol. The zero-order chi connectivity index (χ0) is 17.1. The van der Waals surface area contributed by atoms with Crippen LogP contribution < -0.4 is 0 Å². The number of aromatic amines is 1. The normalized spacial score (nSPS) is 12.1. The van der Waals surface area contributed by atoms with E-state index >= 15 is 0 Å². The molecule has 3 rings (SSSR count). The number of hydrogen-bond donors (Lipinski definition) is 1. The first-order valence-electron chi connectivity index (χ1n) is 7.59. The van der Waals surface area contributed by atoms with E-state index in [0.29, 0.717) is 5.56 Å². The second-order valence-corrected chi connectivity index (χ2v) is 5.54. The SMILES string of the molecule is C[C@H](OC(=O)Cc1c[nH]c2ccccc12)C(=O)c1ccc(F)cc1. The van der Waals surface area contributed by atoms with Crippen molar-refractivity contribution in [2.45, 2.75) is 19.4 Å². The lowest BCUT2D eigenvalue weighted by Crippen LogP contribution is -2.25. The highest BCUT2D eigenvalue weighted by molar-refractivity contribution is 6.00. The topological polar surface area (TPSA) is 59.2 Å². The number of esters is 1. The summed E-state index contributed by atoms with van der Waals surface area (Å²) < 4.78 is 18.1. The van der Waals surface area contributed by atoms with Crippen molar-refractivity contribution in [3.05, 3.63) is 71.7 Å². The Morgan fingerprint density at radius 2 is 1.83 bits per heavy atom. The van der Waals surface area contributed by atoms with Crippen molar-refractivity contribution in [3.8, 4) is 0 Å². The van der Waals surface area contributed by atoms with Gasteiger partial charge in [-0.1, -0.05) is 18.2 Å². The van der Waals surface area contributed by atoms with Crippen molar-refractivity contribution in [1.29, 1.82) is 0 Å². The van der Waals surface area contributed by atoms with E-state index in [4.69, 9.17) is 4.74 Å². The van der Waals surface area contributed by atoms with Crippen LogP contribution in [0.15, 0.2) is 54.7 Å². The second-order valence-electron chi connectivity index (χ2n) is 5.54. The number of H-pyrrole nitrogens is 1. The molecule has 1 aromatic heterocycles. The average molecular weight is 325 g/mol. The van der Waals surface area contributed by atoms with Gasteiger partial charge in [0.2, 0.25) is 5.78 Å². The number of benzene rings is 2. The Hall–Kier alpha value is -2.95. The maximum Gasteiger partial charge on any atom is 0.311 e. The van der Waals surface area contributed by atoms with Crippen molar-refractivity contribution in [2.75, 3.05) is 0 Å². The molecule has 0 aliphatic rings. The zero-order valence-corrected chi connectivity index (χ0v) is 13.1. The minimum absolute atomic E-state index is 0.0745. The van der Waals surface area contributed by atoms with E-state index < -0.39 is 17.9 Å².